The van der Waals surface area contributed by atoms with Gasteiger partial charge in [0.1, 0.15) is 6.07 Å². The lowest BCUT2D eigenvalue weighted by Gasteiger charge is -2.09. The van der Waals surface area contributed by atoms with E-state index in [1.165, 1.54) is 0 Å². The number of hydrogen-bond acceptors (Lipinski definition) is 2. The highest BCUT2D eigenvalue weighted by atomic mass is 16.1. The first-order chi connectivity index (χ1) is 11.7. The van der Waals surface area contributed by atoms with E-state index in [-0.39, 0.29) is 5.91 Å². The molecule has 0 fully saturated rings. The second-order valence-corrected chi connectivity index (χ2v) is 5.53. The van der Waals surface area contributed by atoms with Crippen molar-refractivity contribution in [2.24, 2.45) is 0 Å². The molecule has 0 spiro atoms. The lowest BCUT2D eigenvalue weighted by atomic mass is 10.0. The SMILES string of the molecule is CCNC(=O)c1ccc(-c2c(C#N)c3ccccc3n2CC)cc1. The lowest BCUT2D eigenvalue weighted by molar-refractivity contribution is 0.0956. The number of nitrogens with one attached hydrogen (secondary N) is 1. The number of benzene rings is 2. The molecule has 3 aromatic rings. The number of carbonyl (C=O) groups excluding carboxylic acids is 1. The maximum Gasteiger partial charge on any atom is 0.251 e. The number of hydrogen-bond donors (Lipinski definition) is 1. The van der Waals surface area contributed by atoms with Gasteiger partial charge in [-0.2, -0.15) is 5.26 Å². The summed E-state index contributed by atoms with van der Waals surface area (Å²) in [6.45, 7) is 5.34. The van der Waals surface area contributed by atoms with Gasteiger partial charge in [-0.3, -0.25) is 4.79 Å². The zero-order valence-electron chi connectivity index (χ0n) is 13.8. The molecule has 0 atom stereocenters. The van der Waals surface area contributed by atoms with Crippen LogP contribution in [0.25, 0.3) is 22.2 Å². The van der Waals surface area contributed by atoms with Crippen LogP contribution in [0.3, 0.4) is 0 Å². The summed E-state index contributed by atoms with van der Waals surface area (Å²) >= 11 is 0. The van der Waals surface area contributed by atoms with E-state index < -0.39 is 0 Å². The van der Waals surface area contributed by atoms with Gasteiger partial charge in [0.25, 0.3) is 5.91 Å². The Morgan fingerprint density at radius 2 is 1.83 bits per heavy atom. The van der Waals surface area contributed by atoms with Crippen LogP contribution < -0.4 is 5.32 Å². The van der Waals surface area contributed by atoms with Crippen LogP contribution in [0.5, 0.6) is 0 Å². The fraction of sp³-hybridized carbons (Fsp3) is 0.200. The lowest BCUT2D eigenvalue weighted by Crippen LogP contribution is -2.22. The van der Waals surface area contributed by atoms with Crippen molar-refractivity contribution in [1.82, 2.24) is 9.88 Å². The topological polar surface area (TPSA) is 57.8 Å². The normalized spacial score (nSPS) is 10.5. The third-order valence-corrected chi connectivity index (χ3v) is 4.16. The molecule has 0 unspecified atom stereocenters. The van der Waals surface area contributed by atoms with Gasteiger partial charge in [-0.1, -0.05) is 30.3 Å². The van der Waals surface area contributed by atoms with Gasteiger partial charge < -0.3 is 9.88 Å². The summed E-state index contributed by atoms with van der Waals surface area (Å²) in [5, 5.41) is 13.4. The van der Waals surface area contributed by atoms with E-state index in [1.54, 1.807) is 12.1 Å². The number of rotatable bonds is 4. The Balaban J connectivity index is 2.16. The fourth-order valence-electron chi connectivity index (χ4n) is 3.09. The van der Waals surface area contributed by atoms with Crippen molar-refractivity contribution < 1.29 is 4.79 Å². The summed E-state index contributed by atoms with van der Waals surface area (Å²) < 4.78 is 2.15. The van der Waals surface area contributed by atoms with Crippen LogP contribution in [-0.2, 0) is 6.54 Å². The van der Waals surface area contributed by atoms with Gasteiger partial charge in [-0.25, -0.2) is 0 Å². The third-order valence-electron chi connectivity index (χ3n) is 4.16. The Bertz CT molecular complexity index is 930. The Kier molecular flexibility index (Phi) is 4.35. The van der Waals surface area contributed by atoms with Crippen LogP contribution in [0.4, 0.5) is 0 Å². The van der Waals surface area contributed by atoms with E-state index in [4.69, 9.17) is 0 Å². The van der Waals surface area contributed by atoms with Crippen molar-refractivity contribution in [2.75, 3.05) is 6.54 Å². The van der Waals surface area contributed by atoms with Gasteiger partial charge >= 0.3 is 0 Å². The molecule has 3 rings (SSSR count). The van der Waals surface area contributed by atoms with Crippen molar-refractivity contribution >= 4 is 16.8 Å². The summed E-state index contributed by atoms with van der Waals surface area (Å²) in [6.07, 6.45) is 0. The minimum Gasteiger partial charge on any atom is -0.352 e. The van der Waals surface area contributed by atoms with Crippen LogP contribution >= 0.6 is 0 Å². The highest BCUT2D eigenvalue weighted by Gasteiger charge is 2.17. The number of para-hydroxylation sites is 1. The molecule has 0 aliphatic heterocycles. The zero-order chi connectivity index (χ0) is 17.1. The zero-order valence-corrected chi connectivity index (χ0v) is 13.8. The number of carbonyl (C=O) groups is 1. The van der Waals surface area contributed by atoms with Crippen molar-refractivity contribution in [3.63, 3.8) is 0 Å². The Labute approximate surface area is 141 Å². The predicted molar refractivity (Wildman–Crippen MR) is 95.8 cm³/mol. The number of nitriles is 1. The number of nitrogens with zero attached hydrogens (tertiary/aromatic N) is 2. The molecular formula is C20H19N3O. The van der Waals surface area contributed by atoms with Gasteiger partial charge in [-0.05, 0) is 37.6 Å². The molecule has 1 heterocycles. The van der Waals surface area contributed by atoms with Crippen molar-refractivity contribution in [1.29, 1.82) is 5.26 Å². The average molecular weight is 317 g/mol. The molecule has 0 saturated heterocycles. The monoisotopic (exact) mass is 317 g/mol. The second-order valence-electron chi connectivity index (χ2n) is 5.53. The van der Waals surface area contributed by atoms with Gasteiger partial charge in [0.2, 0.25) is 0 Å². The maximum absolute atomic E-state index is 11.9. The molecule has 1 aromatic heterocycles. The first-order valence-electron chi connectivity index (χ1n) is 8.11. The number of aromatic nitrogens is 1. The molecule has 4 heteroatoms. The van der Waals surface area contributed by atoms with Crippen LogP contribution in [0, 0.1) is 11.3 Å². The number of fused-ring (bicyclic) bond motifs is 1. The van der Waals surface area contributed by atoms with Crippen LogP contribution in [-0.4, -0.2) is 17.0 Å². The predicted octanol–water partition coefficient (Wildman–Crippen LogP) is 3.95. The van der Waals surface area contributed by atoms with E-state index in [0.29, 0.717) is 17.7 Å². The van der Waals surface area contributed by atoms with E-state index in [1.807, 2.05) is 43.3 Å². The number of aryl methyl sites for hydroxylation is 1. The average Bonchev–Trinajstić information content (AvgIpc) is 2.95. The van der Waals surface area contributed by atoms with Gasteiger partial charge in [0, 0.05) is 29.6 Å². The Morgan fingerprint density at radius 3 is 2.46 bits per heavy atom. The summed E-state index contributed by atoms with van der Waals surface area (Å²) in [5.41, 5.74) is 4.21. The first kappa shape index (κ1) is 15.8. The maximum atomic E-state index is 11.9. The van der Waals surface area contributed by atoms with Crippen molar-refractivity contribution in [3.8, 4) is 17.3 Å². The summed E-state index contributed by atoms with van der Waals surface area (Å²) in [7, 11) is 0. The van der Waals surface area contributed by atoms with Crippen LogP contribution in [0.1, 0.15) is 29.8 Å². The van der Waals surface area contributed by atoms with Crippen molar-refractivity contribution in [3.05, 3.63) is 59.7 Å². The van der Waals surface area contributed by atoms with Gasteiger partial charge in [-0.15, -0.1) is 0 Å². The molecule has 1 N–H and O–H groups in total. The highest BCUT2D eigenvalue weighted by Crippen LogP contribution is 2.33. The number of amides is 1. The highest BCUT2D eigenvalue weighted by molar-refractivity contribution is 5.96. The molecule has 2 aromatic carbocycles. The molecule has 1 amide bonds. The van der Waals surface area contributed by atoms with Crippen molar-refractivity contribution in [2.45, 2.75) is 20.4 Å². The minimum absolute atomic E-state index is 0.0828. The molecule has 0 radical (unpaired) electrons. The molecule has 0 saturated carbocycles. The van der Waals surface area contributed by atoms with Crippen LogP contribution in [0.15, 0.2) is 48.5 Å². The second kappa shape index (κ2) is 6.59. The van der Waals surface area contributed by atoms with E-state index in [2.05, 4.69) is 22.9 Å². The molecule has 0 bridgehead atoms. The minimum atomic E-state index is -0.0828. The Morgan fingerprint density at radius 1 is 1.12 bits per heavy atom. The van der Waals surface area contributed by atoms with Crippen LogP contribution in [0.2, 0.25) is 0 Å². The standard InChI is InChI=1S/C20H19N3O/c1-3-22-20(24)15-11-9-14(10-12-15)19-17(13-21)16-7-5-6-8-18(16)23(19)4-2/h5-12H,3-4H2,1-2H3,(H,22,24). The van der Waals surface area contributed by atoms with Gasteiger partial charge in [0.05, 0.1) is 11.3 Å². The smallest absolute Gasteiger partial charge is 0.251 e. The molecular weight excluding hydrogens is 298 g/mol. The largest absolute Gasteiger partial charge is 0.352 e. The molecule has 4 nitrogen and oxygen atoms in total. The fourth-order valence-corrected chi connectivity index (χ4v) is 3.09. The molecule has 24 heavy (non-hydrogen) atoms. The quantitative estimate of drug-likeness (QED) is 0.792. The summed E-state index contributed by atoms with van der Waals surface area (Å²) in [6, 6.07) is 17.7. The molecule has 0 aliphatic rings. The van der Waals surface area contributed by atoms with E-state index in [0.717, 1.165) is 28.7 Å². The third kappa shape index (κ3) is 2.55. The summed E-state index contributed by atoms with van der Waals surface area (Å²) in [4.78, 5) is 11.9. The van der Waals surface area contributed by atoms with Gasteiger partial charge in [0.15, 0.2) is 0 Å². The van der Waals surface area contributed by atoms with E-state index in [9.17, 15) is 10.1 Å². The first-order valence-corrected chi connectivity index (χ1v) is 8.11. The summed E-state index contributed by atoms with van der Waals surface area (Å²) in [5.74, 6) is -0.0828. The molecule has 120 valence electrons. The molecule has 0 aliphatic carbocycles. The Hall–Kier alpha value is -3.06. The van der Waals surface area contributed by atoms with E-state index >= 15 is 0 Å².